The van der Waals surface area contributed by atoms with Gasteiger partial charge in [0, 0.05) is 57.3 Å². The third kappa shape index (κ3) is 5.25. The Kier molecular flexibility index (Phi) is 7.83. The molecule has 0 saturated carbocycles. The molecule has 1 unspecified atom stereocenters. The van der Waals surface area contributed by atoms with Gasteiger partial charge in [-0.15, -0.1) is 0 Å². The van der Waals surface area contributed by atoms with Crippen molar-refractivity contribution in [3.63, 3.8) is 0 Å². The number of fused-ring (bicyclic) bond motifs is 1. The fourth-order valence-corrected chi connectivity index (χ4v) is 5.40. The number of hydrogen-bond acceptors (Lipinski definition) is 6. The fourth-order valence-electron chi connectivity index (χ4n) is 5.40. The average molecular weight is 415 g/mol. The van der Waals surface area contributed by atoms with Crippen molar-refractivity contribution in [2.75, 3.05) is 49.5 Å². The van der Waals surface area contributed by atoms with Gasteiger partial charge in [-0.2, -0.15) is 4.98 Å². The molecule has 30 heavy (non-hydrogen) atoms. The van der Waals surface area contributed by atoms with Crippen molar-refractivity contribution >= 4 is 11.8 Å². The van der Waals surface area contributed by atoms with Crippen molar-refractivity contribution in [1.82, 2.24) is 20.2 Å². The maximum absolute atomic E-state index is 5.08. The second kappa shape index (κ2) is 10.8. The summed E-state index contributed by atoms with van der Waals surface area (Å²) >= 11 is 0. The molecule has 0 aliphatic carbocycles. The summed E-state index contributed by atoms with van der Waals surface area (Å²) in [4.78, 5) is 15.3. The zero-order valence-electron chi connectivity index (χ0n) is 19.3. The van der Waals surface area contributed by atoms with E-state index in [0.717, 1.165) is 51.0 Å². The normalized spacial score (nSPS) is 22.9. The molecule has 2 saturated heterocycles. The van der Waals surface area contributed by atoms with Crippen LogP contribution < -0.4 is 15.5 Å². The Morgan fingerprint density at radius 2 is 1.83 bits per heavy atom. The topological polar surface area (TPSA) is 56.3 Å². The number of nitrogens with one attached hydrogen (secondary N) is 2. The van der Waals surface area contributed by atoms with Crippen molar-refractivity contribution in [3.05, 3.63) is 11.3 Å². The fraction of sp³-hybridized carbons (Fsp3) is 0.833. The molecule has 0 radical (unpaired) electrons. The summed E-state index contributed by atoms with van der Waals surface area (Å²) in [6.45, 7) is 12.3. The zero-order chi connectivity index (χ0) is 20.8. The van der Waals surface area contributed by atoms with E-state index < -0.39 is 0 Å². The first kappa shape index (κ1) is 21.8. The lowest BCUT2D eigenvalue weighted by molar-refractivity contribution is 0.214. The van der Waals surface area contributed by atoms with Crippen LogP contribution >= 0.6 is 0 Å². The van der Waals surface area contributed by atoms with Crippen LogP contribution in [0, 0.1) is 5.92 Å². The Morgan fingerprint density at radius 1 is 1.03 bits per heavy atom. The highest BCUT2D eigenvalue weighted by molar-refractivity contribution is 5.53. The highest BCUT2D eigenvalue weighted by Gasteiger charge is 2.27. The summed E-state index contributed by atoms with van der Waals surface area (Å²) in [5.74, 6) is 2.87. The van der Waals surface area contributed by atoms with Crippen LogP contribution in [0.5, 0.6) is 0 Å². The largest absolute Gasteiger partial charge is 0.356 e. The molecule has 1 aromatic rings. The van der Waals surface area contributed by atoms with Gasteiger partial charge < -0.3 is 15.5 Å². The summed E-state index contributed by atoms with van der Waals surface area (Å²) in [5, 5.41) is 7.19. The average Bonchev–Trinajstić information content (AvgIpc) is 3.04. The predicted octanol–water partition coefficient (Wildman–Crippen LogP) is 3.82. The number of likely N-dealkylation sites (tertiary alicyclic amines) is 1. The minimum Gasteiger partial charge on any atom is -0.356 e. The van der Waals surface area contributed by atoms with E-state index in [1.165, 1.54) is 81.5 Å². The molecule has 6 nitrogen and oxygen atoms in total. The first-order valence-corrected chi connectivity index (χ1v) is 12.6. The van der Waals surface area contributed by atoms with E-state index in [2.05, 4.69) is 34.3 Å². The third-order valence-corrected chi connectivity index (χ3v) is 7.46. The SMILES string of the molecule is CCC(CC)CN1CCCC1CNc1nc2c(c(N3CCCCCC3)n1)CNCC2. The molecular formula is C24H42N6. The van der Waals surface area contributed by atoms with Gasteiger partial charge >= 0.3 is 0 Å². The molecule has 168 valence electrons. The maximum Gasteiger partial charge on any atom is 0.224 e. The number of nitrogens with zero attached hydrogens (tertiary/aromatic N) is 4. The van der Waals surface area contributed by atoms with Crippen molar-refractivity contribution in [1.29, 1.82) is 0 Å². The Hall–Kier alpha value is -1.40. The Balaban J connectivity index is 1.46. The van der Waals surface area contributed by atoms with Gasteiger partial charge in [0.05, 0.1) is 5.69 Å². The molecule has 2 fully saturated rings. The summed E-state index contributed by atoms with van der Waals surface area (Å²) < 4.78 is 0. The second-order valence-electron chi connectivity index (χ2n) is 9.48. The highest BCUT2D eigenvalue weighted by Crippen LogP contribution is 2.28. The molecule has 6 heteroatoms. The first-order chi connectivity index (χ1) is 14.8. The quantitative estimate of drug-likeness (QED) is 0.675. The lowest BCUT2D eigenvalue weighted by atomic mass is 10.0. The predicted molar refractivity (Wildman–Crippen MR) is 125 cm³/mol. The Labute approximate surface area is 183 Å². The molecule has 0 bridgehead atoms. The highest BCUT2D eigenvalue weighted by atomic mass is 15.3. The molecular weight excluding hydrogens is 372 g/mol. The van der Waals surface area contributed by atoms with Gasteiger partial charge in [-0.05, 0) is 38.1 Å². The zero-order valence-corrected chi connectivity index (χ0v) is 19.3. The number of rotatable bonds is 8. The van der Waals surface area contributed by atoms with Gasteiger partial charge in [-0.3, -0.25) is 4.90 Å². The van der Waals surface area contributed by atoms with Gasteiger partial charge in [0.15, 0.2) is 0 Å². The van der Waals surface area contributed by atoms with E-state index >= 15 is 0 Å². The van der Waals surface area contributed by atoms with E-state index in [9.17, 15) is 0 Å². The minimum atomic E-state index is 0.619. The number of anilines is 2. The van der Waals surface area contributed by atoms with Crippen molar-refractivity contribution in [2.24, 2.45) is 5.92 Å². The van der Waals surface area contributed by atoms with Crippen LogP contribution in [0.15, 0.2) is 0 Å². The molecule has 1 atom stereocenters. The lowest BCUT2D eigenvalue weighted by Gasteiger charge is -2.30. The Morgan fingerprint density at radius 3 is 2.60 bits per heavy atom. The van der Waals surface area contributed by atoms with Crippen LogP contribution in [0.4, 0.5) is 11.8 Å². The molecule has 3 aliphatic rings. The van der Waals surface area contributed by atoms with E-state index in [4.69, 9.17) is 9.97 Å². The molecule has 4 rings (SSSR count). The lowest BCUT2D eigenvalue weighted by Crippen LogP contribution is -2.38. The molecule has 4 heterocycles. The summed E-state index contributed by atoms with van der Waals surface area (Å²) in [6, 6.07) is 0.619. The maximum atomic E-state index is 5.08. The van der Waals surface area contributed by atoms with Crippen molar-refractivity contribution < 1.29 is 0 Å². The van der Waals surface area contributed by atoms with E-state index in [-0.39, 0.29) is 0 Å². The minimum absolute atomic E-state index is 0.619. The van der Waals surface area contributed by atoms with Crippen molar-refractivity contribution in [2.45, 2.75) is 84.2 Å². The van der Waals surface area contributed by atoms with Crippen LogP contribution in [-0.4, -0.2) is 60.2 Å². The van der Waals surface area contributed by atoms with Crippen LogP contribution in [0.3, 0.4) is 0 Å². The standard InChI is InChI=1S/C24H42N6/c1-3-19(4-2)18-30-15-9-10-20(30)16-26-24-27-22-11-12-25-17-21(22)23(28-24)29-13-7-5-6-8-14-29/h19-20,25H,3-18H2,1-2H3,(H,26,27,28). The second-order valence-corrected chi connectivity index (χ2v) is 9.48. The summed E-state index contributed by atoms with van der Waals surface area (Å²) in [6.07, 6.45) is 11.5. The van der Waals surface area contributed by atoms with Crippen LogP contribution in [-0.2, 0) is 13.0 Å². The first-order valence-electron chi connectivity index (χ1n) is 12.6. The van der Waals surface area contributed by atoms with Gasteiger partial charge in [0.2, 0.25) is 5.95 Å². The van der Waals surface area contributed by atoms with Gasteiger partial charge in [-0.1, -0.05) is 39.5 Å². The summed E-state index contributed by atoms with van der Waals surface area (Å²) in [7, 11) is 0. The Bertz CT molecular complexity index is 666. The number of hydrogen-bond donors (Lipinski definition) is 2. The van der Waals surface area contributed by atoms with E-state index in [1.807, 2.05) is 0 Å². The molecule has 1 aromatic heterocycles. The molecule has 0 spiro atoms. The molecule has 0 amide bonds. The van der Waals surface area contributed by atoms with E-state index in [0.29, 0.717) is 6.04 Å². The monoisotopic (exact) mass is 414 g/mol. The third-order valence-electron chi connectivity index (χ3n) is 7.46. The van der Waals surface area contributed by atoms with Crippen molar-refractivity contribution in [3.8, 4) is 0 Å². The number of aromatic nitrogens is 2. The van der Waals surface area contributed by atoms with Crippen LogP contribution in [0.25, 0.3) is 0 Å². The van der Waals surface area contributed by atoms with Gasteiger partial charge in [0.25, 0.3) is 0 Å². The van der Waals surface area contributed by atoms with Crippen LogP contribution in [0.1, 0.15) is 76.5 Å². The van der Waals surface area contributed by atoms with E-state index in [1.54, 1.807) is 0 Å². The summed E-state index contributed by atoms with van der Waals surface area (Å²) in [5.41, 5.74) is 2.59. The smallest absolute Gasteiger partial charge is 0.224 e. The van der Waals surface area contributed by atoms with Gasteiger partial charge in [0.1, 0.15) is 5.82 Å². The molecule has 0 aromatic carbocycles. The molecule has 2 N–H and O–H groups in total. The van der Waals surface area contributed by atoms with Crippen LogP contribution in [0.2, 0.25) is 0 Å². The molecule has 3 aliphatic heterocycles. The van der Waals surface area contributed by atoms with Gasteiger partial charge in [-0.25, -0.2) is 4.98 Å².